The highest BCUT2D eigenvalue weighted by Gasteiger charge is 2.36. The van der Waals surface area contributed by atoms with Gasteiger partial charge in [0.1, 0.15) is 5.82 Å². The number of fused-ring (bicyclic) bond motifs is 1. The van der Waals surface area contributed by atoms with Gasteiger partial charge >= 0.3 is 6.03 Å². The number of carbonyl (C=O) groups is 1. The van der Waals surface area contributed by atoms with Crippen molar-refractivity contribution < 1.29 is 13.2 Å². The van der Waals surface area contributed by atoms with Crippen molar-refractivity contribution in [3.8, 4) is 0 Å². The van der Waals surface area contributed by atoms with Gasteiger partial charge < -0.3 is 15.2 Å². The average molecular weight is 419 g/mol. The third-order valence-electron chi connectivity index (χ3n) is 5.85. The normalized spacial score (nSPS) is 20.5. The van der Waals surface area contributed by atoms with Crippen LogP contribution in [-0.2, 0) is 22.8 Å². The molecule has 2 heterocycles. The zero-order chi connectivity index (χ0) is 21.0. The van der Waals surface area contributed by atoms with Gasteiger partial charge in [0.25, 0.3) is 0 Å². The lowest BCUT2D eigenvalue weighted by Gasteiger charge is -2.18. The van der Waals surface area contributed by atoms with Crippen LogP contribution in [0.1, 0.15) is 45.9 Å². The highest BCUT2D eigenvalue weighted by Crippen LogP contribution is 2.34. The Bertz CT molecular complexity index is 1050. The number of imidazole rings is 1. The first-order valence-corrected chi connectivity index (χ1v) is 11.9. The second kappa shape index (κ2) is 7.00. The molecule has 1 saturated carbocycles. The molecule has 0 radical (unpaired) electrons. The lowest BCUT2D eigenvalue weighted by atomic mass is 9.92. The summed E-state index contributed by atoms with van der Waals surface area (Å²) in [5, 5.41) is -0.616. The number of rotatable bonds is 5. The van der Waals surface area contributed by atoms with Crippen LogP contribution < -0.4 is 5.73 Å². The van der Waals surface area contributed by atoms with Crippen LogP contribution in [0.25, 0.3) is 11.0 Å². The number of benzene rings is 1. The van der Waals surface area contributed by atoms with E-state index >= 15 is 0 Å². The minimum absolute atomic E-state index is 0.0969. The van der Waals surface area contributed by atoms with Crippen molar-refractivity contribution in [3.63, 3.8) is 0 Å². The van der Waals surface area contributed by atoms with Gasteiger partial charge in [-0.05, 0) is 48.8 Å². The summed E-state index contributed by atoms with van der Waals surface area (Å²) in [5.41, 5.74) is 7.14. The van der Waals surface area contributed by atoms with E-state index in [4.69, 9.17) is 10.7 Å². The molecule has 2 amide bonds. The molecule has 2 fully saturated rings. The fraction of sp³-hybridized carbons (Fsp3) is 0.619. The van der Waals surface area contributed by atoms with E-state index in [1.54, 1.807) is 12.1 Å². The number of carbonyl (C=O) groups excluding carboxylic acids is 1. The predicted octanol–water partition coefficient (Wildman–Crippen LogP) is 2.96. The van der Waals surface area contributed by atoms with Gasteiger partial charge in [0.15, 0.2) is 9.84 Å². The number of nitrogens with zero attached hydrogens (tertiary/aromatic N) is 3. The molecule has 2 aliphatic rings. The molecule has 1 aromatic carbocycles. The number of amides is 2. The summed E-state index contributed by atoms with van der Waals surface area (Å²) in [7, 11) is -3.54. The van der Waals surface area contributed by atoms with Crippen LogP contribution in [0.2, 0.25) is 0 Å². The van der Waals surface area contributed by atoms with E-state index in [9.17, 15) is 13.2 Å². The Morgan fingerprint density at radius 1 is 1.24 bits per heavy atom. The lowest BCUT2D eigenvalue weighted by Crippen LogP contribution is -2.35. The van der Waals surface area contributed by atoms with Crippen molar-refractivity contribution in [1.29, 1.82) is 0 Å². The first-order valence-electron chi connectivity index (χ1n) is 10.3. The summed E-state index contributed by atoms with van der Waals surface area (Å²) >= 11 is 0. The zero-order valence-electron chi connectivity index (χ0n) is 17.4. The number of hydrogen-bond acceptors (Lipinski definition) is 4. The van der Waals surface area contributed by atoms with E-state index in [-0.39, 0.29) is 16.9 Å². The average Bonchev–Trinajstić information content (AvgIpc) is 3.17. The molecule has 1 aliphatic heterocycles. The van der Waals surface area contributed by atoms with Crippen molar-refractivity contribution in [3.05, 3.63) is 24.0 Å². The molecule has 0 bridgehead atoms. The Morgan fingerprint density at radius 3 is 2.55 bits per heavy atom. The van der Waals surface area contributed by atoms with Crippen molar-refractivity contribution >= 4 is 26.9 Å². The second-order valence-corrected chi connectivity index (χ2v) is 11.9. The molecule has 2 N–H and O–H groups in total. The molecule has 8 heteroatoms. The largest absolute Gasteiger partial charge is 0.351 e. The maximum atomic E-state index is 13.1. The Balaban J connectivity index is 1.69. The fourth-order valence-electron chi connectivity index (χ4n) is 4.08. The first kappa shape index (κ1) is 20.2. The van der Waals surface area contributed by atoms with Crippen LogP contribution in [-0.4, -0.2) is 47.2 Å². The van der Waals surface area contributed by atoms with Gasteiger partial charge in [-0.15, -0.1) is 0 Å². The minimum Gasteiger partial charge on any atom is -0.351 e. The molecule has 29 heavy (non-hydrogen) atoms. The molecule has 1 saturated heterocycles. The number of sulfone groups is 1. The smallest absolute Gasteiger partial charge is 0.314 e. The Kier molecular flexibility index (Phi) is 4.88. The molecule has 7 nitrogen and oxygen atoms in total. The van der Waals surface area contributed by atoms with E-state index in [0.717, 1.165) is 29.8 Å². The summed E-state index contributed by atoms with van der Waals surface area (Å²) < 4.78 is 28.6. The van der Waals surface area contributed by atoms with E-state index in [1.807, 2.05) is 6.07 Å². The number of aromatic nitrogens is 2. The number of likely N-dealkylation sites (tertiary alicyclic amines) is 1. The van der Waals surface area contributed by atoms with Crippen LogP contribution >= 0.6 is 0 Å². The summed E-state index contributed by atoms with van der Waals surface area (Å²) in [4.78, 5) is 17.9. The van der Waals surface area contributed by atoms with Crippen LogP contribution in [0.5, 0.6) is 0 Å². The SMILES string of the molecule is CC(C)(C)Cc1nc2cc(S(=O)(=O)[C@H]3CCN(C(N)=O)C3)ccc2n1CC1CC1. The van der Waals surface area contributed by atoms with Crippen LogP contribution in [0.15, 0.2) is 23.1 Å². The zero-order valence-corrected chi connectivity index (χ0v) is 18.2. The highest BCUT2D eigenvalue weighted by atomic mass is 32.2. The summed E-state index contributed by atoms with van der Waals surface area (Å²) in [6, 6.07) is 4.72. The van der Waals surface area contributed by atoms with Crippen LogP contribution in [0.4, 0.5) is 4.79 Å². The molecule has 2 aromatic rings. The molecule has 0 spiro atoms. The third-order valence-corrected chi connectivity index (χ3v) is 8.02. The van der Waals surface area contributed by atoms with Crippen molar-refractivity contribution in [1.82, 2.24) is 14.5 Å². The topological polar surface area (TPSA) is 98.3 Å². The molecule has 1 atom stereocenters. The van der Waals surface area contributed by atoms with Crippen molar-refractivity contribution in [2.75, 3.05) is 13.1 Å². The summed E-state index contributed by atoms with van der Waals surface area (Å²) in [5.74, 6) is 1.72. The Hall–Kier alpha value is -2.09. The number of urea groups is 1. The van der Waals surface area contributed by atoms with Gasteiger partial charge in [-0.3, -0.25) is 0 Å². The van der Waals surface area contributed by atoms with Gasteiger partial charge in [0.05, 0.1) is 21.2 Å². The maximum absolute atomic E-state index is 13.1. The predicted molar refractivity (Wildman–Crippen MR) is 112 cm³/mol. The van der Waals surface area contributed by atoms with Gasteiger partial charge in [0.2, 0.25) is 0 Å². The fourth-order valence-corrected chi connectivity index (χ4v) is 5.79. The minimum atomic E-state index is -3.54. The highest BCUT2D eigenvalue weighted by molar-refractivity contribution is 7.92. The molecule has 0 unspecified atom stereocenters. The monoisotopic (exact) mass is 418 g/mol. The Labute approximate surface area is 172 Å². The van der Waals surface area contributed by atoms with Gasteiger partial charge in [-0.25, -0.2) is 18.2 Å². The van der Waals surface area contributed by atoms with Gasteiger partial charge in [-0.1, -0.05) is 20.8 Å². The number of primary amides is 1. The molecule has 1 aromatic heterocycles. The van der Waals surface area contributed by atoms with Gasteiger partial charge in [-0.2, -0.15) is 0 Å². The summed E-state index contributed by atoms with van der Waals surface area (Å²) in [6.45, 7) is 8.05. The quantitative estimate of drug-likeness (QED) is 0.807. The molecule has 4 rings (SSSR count). The maximum Gasteiger partial charge on any atom is 0.314 e. The first-order chi connectivity index (χ1) is 13.5. The number of nitrogens with two attached hydrogens (primary N) is 1. The summed E-state index contributed by atoms with van der Waals surface area (Å²) in [6.07, 6.45) is 3.75. The van der Waals surface area contributed by atoms with Crippen LogP contribution in [0.3, 0.4) is 0 Å². The van der Waals surface area contributed by atoms with E-state index in [2.05, 4.69) is 25.3 Å². The van der Waals surface area contributed by atoms with Gasteiger partial charge in [0, 0.05) is 26.1 Å². The van der Waals surface area contributed by atoms with Crippen molar-refractivity contribution in [2.24, 2.45) is 17.1 Å². The molecular weight excluding hydrogens is 388 g/mol. The van der Waals surface area contributed by atoms with Crippen molar-refractivity contribution in [2.45, 2.75) is 63.1 Å². The number of hydrogen-bond donors (Lipinski definition) is 1. The Morgan fingerprint density at radius 2 is 1.97 bits per heavy atom. The second-order valence-electron chi connectivity index (χ2n) is 9.71. The molecular formula is C21H30N4O3S. The van der Waals surface area contributed by atoms with Crippen LogP contribution in [0, 0.1) is 11.3 Å². The van der Waals surface area contributed by atoms with E-state index in [1.165, 1.54) is 17.7 Å². The van der Waals surface area contributed by atoms with E-state index in [0.29, 0.717) is 18.9 Å². The standard InChI is InChI=1S/C21H30N4O3S/c1-21(2,3)11-19-23-17-10-15(6-7-18(17)25(19)12-14-4-5-14)29(27,28)16-8-9-24(13-16)20(22)26/h6-7,10,14,16H,4-5,8-9,11-13H2,1-3H3,(H2,22,26)/t16-/m0/s1. The van der Waals surface area contributed by atoms with E-state index < -0.39 is 21.1 Å². The molecule has 1 aliphatic carbocycles. The lowest BCUT2D eigenvalue weighted by molar-refractivity contribution is 0.218. The third kappa shape index (κ3) is 4.13. The molecule has 158 valence electrons.